The van der Waals surface area contributed by atoms with Crippen LogP contribution in [-0.4, -0.2) is 4.98 Å². The van der Waals surface area contributed by atoms with Gasteiger partial charge in [-0.05, 0) is 42.7 Å². The summed E-state index contributed by atoms with van der Waals surface area (Å²) in [6.45, 7) is 0. The Morgan fingerprint density at radius 1 is 1.17 bits per heavy atom. The molecule has 2 aromatic rings. The first-order chi connectivity index (χ1) is 8.79. The maximum absolute atomic E-state index is 12.8. The fourth-order valence-electron chi connectivity index (χ4n) is 1.88. The molecule has 1 unspecified atom stereocenters. The molecule has 3 nitrogen and oxygen atoms in total. The van der Waals surface area contributed by atoms with E-state index in [0.717, 1.165) is 24.1 Å². The number of nitrogens with one attached hydrogen (secondary N) is 1. The van der Waals surface area contributed by atoms with Crippen LogP contribution in [0.25, 0.3) is 0 Å². The van der Waals surface area contributed by atoms with Crippen LogP contribution < -0.4 is 11.3 Å². The summed E-state index contributed by atoms with van der Waals surface area (Å²) in [5, 5.41) is 0. The van der Waals surface area contributed by atoms with Gasteiger partial charge in [-0.25, -0.2) is 4.39 Å². The van der Waals surface area contributed by atoms with Crippen molar-refractivity contribution >= 4 is 0 Å². The molecule has 1 aromatic heterocycles. The number of aryl methyl sites for hydroxylation is 1. The highest BCUT2D eigenvalue weighted by Gasteiger charge is 2.09. The standard InChI is InChI=1S/C14H16FN3/c15-12-6-4-11(5-7-12)14(18-16)9-8-13-3-1-2-10-17-13/h1-7,10,14,18H,8-9,16H2. The maximum atomic E-state index is 12.8. The Morgan fingerprint density at radius 3 is 2.56 bits per heavy atom. The fourth-order valence-corrected chi connectivity index (χ4v) is 1.88. The maximum Gasteiger partial charge on any atom is 0.123 e. The largest absolute Gasteiger partial charge is 0.271 e. The van der Waals surface area contributed by atoms with Crippen molar-refractivity contribution in [2.75, 3.05) is 0 Å². The van der Waals surface area contributed by atoms with Gasteiger partial charge in [0.1, 0.15) is 5.82 Å². The van der Waals surface area contributed by atoms with Gasteiger partial charge in [-0.2, -0.15) is 0 Å². The normalized spacial score (nSPS) is 12.3. The number of rotatable bonds is 5. The fraction of sp³-hybridized carbons (Fsp3) is 0.214. The highest BCUT2D eigenvalue weighted by Crippen LogP contribution is 2.18. The minimum atomic E-state index is -0.237. The first-order valence-electron chi connectivity index (χ1n) is 5.91. The Hall–Kier alpha value is -1.78. The Kier molecular flexibility index (Phi) is 4.39. The lowest BCUT2D eigenvalue weighted by Gasteiger charge is -2.16. The third kappa shape index (κ3) is 3.35. The molecule has 4 heteroatoms. The van der Waals surface area contributed by atoms with E-state index in [0.29, 0.717) is 0 Å². The van der Waals surface area contributed by atoms with Crippen molar-refractivity contribution in [1.29, 1.82) is 0 Å². The van der Waals surface area contributed by atoms with E-state index in [1.807, 2.05) is 18.2 Å². The number of aromatic nitrogens is 1. The van der Waals surface area contributed by atoms with Crippen LogP contribution in [-0.2, 0) is 6.42 Å². The van der Waals surface area contributed by atoms with Crippen LogP contribution in [0.4, 0.5) is 4.39 Å². The zero-order valence-corrected chi connectivity index (χ0v) is 10.0. The Bertz CT molecular complexity index is 470. The number of pyridine rings is 1. The predicted octanol–water partition coefficient (Wildman–Crippen LogP) is 2.36. The molecule has 0 fully saturated rings. The monoisotopic (exact) mass is 245 g/mol. The predicted molar refractivity (Wildman–Crippen MR) is 69.0 cm³/mol. The lowest BCUT2D eigenvalue weighted by Crippen LogP contribution is -2.28. The Morgan fingerprint density at radius 2 is 1.94 bits per heavy atom. The third-order valence-electron chi connectivity index (χ3n) is 2.89. The number of benzene rings is 1. The lowest BCUT2D eigenvalue weighted by atomic mass is 10.0. The van der Waals surface area contributed by atoms with Crippen molar-refractivity contribution in [1.82, 2.24) is 10.4 Å². The van der Waals surface area contributed by atoms with Gasteiger partial charge in [-0.1, -0.05) is 18.2 Å². The average molecular weight is 245 g/mol. The summed E-state index contributed by atoms with van der Waals surface area (Å²) < 4.78 is 12.8. The molecule has 0 radical (unpaired) electrons. The topological polar surface area (TPSA) is 50.9 Å². The van der Waals surface area contributed by atoms with E-state index in [9.17, 15) is 4.39 Å². The average Bonchev–Trinajstić information content (AvgIpc) is 2.42. The Balaban J connectivity index is 1.99. The van der Waals surface area contributed by atoms with E-state index in [1.165, 1.54) is 12.1 Å². The van der Waals surface area contributed by atoms with E-state index in [1.54, 1.807) is 18.3 Å². The SMILES string of the molecule is NNC(CCc1ccccn1)c1ccc(F)cc1. The van der Waals surface area contributed by atoms with Gasteiger partial charge >= 0.3 is 0 Å². The zero-order valence-electron chi connectivity index (χ0n) is 10.0. The van der Waals surface area contributed by atoms with Gasteiger partial charge in [0.25, 0.3) is 0 Å². The van der Waals surface area contributed by atoms with Crippen LogP contribution in [0.5, 0.6) is 0 Å². The summed E-state index contributed by atoms with van der Waals surface area (Å²) in [5.74, 6) is 5.31. The summed E-state index contributed by atoms with van der Waals surface area (Å²) in [7, 11) is 0. The molecule has 0 aliphatic heterocycles. The molecule has 2 rings (SSSR count). The molecule has 1 atom stereocenters. The van der Waals surface area contributed by atoms with Crippen molar-refractivity contribution in [2.24, 2.45) is 5.84 Å². The van der Waals surface area contributed by atoms with Gasteiger partial charge in [-0.3, -0.25) is 16.3 Å². The molecular formula is C14H16FN3. The van der Waals surface area contributed by atoms with Crippen LogP contribution in [0.3, 0.4) is 0 Å². The Labute approximate surface area is 106 Å². The van der Waals surface area contributed by atoms with E-state index in [-0.39, 0.29) is 11.9 Å². The van der Waals surface area contributed by atoms with Gasteiger partial charge in [0, 0.05) is 17.9 Å². The number of nitrogens with two attached hydrogens (primary N) is 1. The van der Waals surface area contributed by atoms with E-state index in [2.05, 4.69) is 10.4 Å². The van der Waals surface area contributed by atoms with Crippen LogP contribution in [0.15, 0.2) is 48.7 Å². The number of hydrogen-bond acceptors (Lipinski definition) is 3. The minimum absolute atomic E-state index is 0.00704. The second-order valence-electron chi connectivity index (χ2n) is 4.13. The number of hydrogen-bond donors (Lipinski definition) is 2. The van der Waals surface area contributed by atoms with Gasteiger partial charge in [0.15, 0.2) is 0 Å². The summed E-state index contributed by atoms with van der Waals surface area (Å²) in [5.41, 5.74) is 4.77. The van der Waals surface area contributed by atoms with Crippen molar-refractivity contribution in [3.8, 4) is 0 Å². The van der Waals surface area contributed by atoms with E-state index >= 15 is 0 Å². The van der Waals surface area contributed by atoms with Gasteiger partial charge in [0.05, 0.1) is 0 Å². The van der Waals surface area contributed by atoms with Gasteiger partial charge in [0.2, 0.25) is 0 Å². The first-order valence-corrected chi connectivity index (χ1v) is 5.91. The van der Waals surface area contributed by atoms with Gasteiger partial charge < -0.3 is 0 Å². The second-order valence-corrected chi connectivity index (χ2v) is 4.13. The molecule has 0 bridgehead atoms. The molecule has 0 amide bonds. The minimum Gasteiger partial charge on any atom is -0.271 e. The molecule has 18 heavy (non-hydrogen) atoms. The van der Waals surface area contributed by atoms with Crippen molar-refractivity contribution in [2.45, 2.75) is 18.9 Å². The first kappa shape index (κ1) is 12.7. The number of halogens is 1. The second kappa shape index (κ2) is 6.23. The van der Waals surface area contributed by atoms with Crippen molar-refractivity contribution < 1.29 is 4.39 Å². The summed E-state index contributed by atoms with van der Waals surface area (Å²) in [4.78, 5) is 4.26. The van der Waals surface area contributed by atoms with Crippen LogP contribution in [0, 0.1) is 5.82 Å². The van der Waals surface area contributed by atoms with Crippen LogP contribution in [0.1, 0.15) is 23.7 Å². The number of hydrazine groups is 1. The van der Waals surface area contributed by atoms with E-state index in [4.69, 9.17) is 5.84 Å². The number of nitrogens with zero attached hydrogens (tertiary/aromatic N) is 1. The molecule has 3 N–H and O–H groups in total. The molecule has 1 aromatic carbocycles. The summed E-state index contributed by atoms with van der Waals surface area (Å²) in [6, 6.07) is 12.2. The molecule has 0 spiro atoms. The summed E-state index contributed by atoms with van der Waals surface area (Å²) >= 11 is 0. The molecule has 94 valence electrons. The smallest absolute Gasteiger partial charge is 0.123 e. The molecule has 1 heterocycles. The van der Waals surface area contributed by atoms with Gasteiger partial charge in [-0.15, -0.1) is 0 Å². The highest BCUT2D eigenvalue weighted by molar-refractivity contribution is 5.20. The molecule has 0 saturated heterocycles. The van der Waals surface area contributed by atoms with Crippen LogP contribution >= 0.6 is 0 Å². The molecule has 0 aliphatic carbocycles. The third-order valence-corrected chi connectivity index (χ3v) is 2.89. The van der Waals surface area contributed by atoms with Crippen molar-refractivity contribution in [3.63, 3.8) is 0 Å². The van der Waals surface area contributed by atoms with Crippen molar-refractivity contribution in [3.05, 3.63) is 65.7 Å². The molecular weight excluding hydrogens is 229 g/mol. The van der Waals surface area contributed by atoms with Crippen LogP contribution in [0.2, 0.25) is 0 Å². The zero-order chi connectivity index (χ0) is 12.8. The lowest BCUT2D eigenvalue weighted by molar-refractivity contribution is 0.512. The highest BCUT2D eigenvalue weighted by atomic mass is 19.1. The quantitative estimate of drug-likeness (QED) is 0.628. The summed E-state index contributed by atoms with van der Waals surface area (Å²) in [6.07, 6.45) is 3.42. The van der Waals surface area contributed by atoms with E-state index < -0.39 is 0 Å². The molecule has 0 aliphatic rings. The molecule has 0 saturated carbocycles.